The topological polar surface area (TPSA) is 40.2 Å². The van der Waals surface area contributed by atoms with E-state index in [1.165, 1.54) is 5.52 Å². The van der Waals surface area contributed by atoms with Crippen LogP contribution in [0.5, 0.6) is 5.75 Å². The summed E-state index contributed by atoms with van der Waals surface area (Å²) in [6, 6.07) is 13.8. The van der Waals surface area contributed by atoms with Crippen LogP contribution >= 0.6 is 11.6 Å². The van der Waals surface area contributed by atoms with Gasteiger partial charge in [0.05, 0.1) is 0 Å². The summed E-state index contributed by atoms with van der Waals surface area (Å²) in [5.41, 5.74) is 9.00. The molecule has 0 saturated heterocycles. The number of rotatable bonds is 4. The predicted octanol–water partition coefficient (Wildman–Crippen LogP) is 5.04. The quantitative estimate of drug-likeness (QED) is 0.685. The van der Waals surface area contributed by atoms with Crippen LogP contribution in [0.15, 0.2) is 48.7 Å². The van der Waals surface area contributed by atoms with Gasteiger partial charge in [0.15, 0.2) is 0 Å². The van der Waals surface area contributed by atoms with E-state index in [1.807, 2.05) is 36.4 Å². The average Bonchev–Trinajstić information content (AvgIpc) is 2.83. The normalized spacial score (nSPS) is 11.3. The molecule has 0 saturated carbocycles. The van der Waals surface area contributed by atoms with Crippen molar-refractivity contribution in [1.82, 2.24) is 4.57 Å². The summed E-state index contributed by atoms with van der Waals surface area (Å²) < 4.78 is 8.12. The Morgan fingerprint density at radius 3 is 2.73 bits per heavy atom. The van der Waals surface area contributed by atoms with Crippen LogP contribution in [0.2, 0.25) is 5.02 Å². The molecule has 0 amide bonds. The number of ether oxygens (including phenoxy) is 1. The Kier molecular flexibility index (Phi) is 3.99. The van der Waals surface area contributed by atoms with Crippen LogP contribution in [-0.2, 0) is 6.61 Å². The van der Waals surface area contributed by atoms with E-state index >= 15 is 0 Å². The van der Waals surface area contributed by atoms with Gasteiger partial charge in [-0.15, -0.1) is 0 Å². The van der Waals surface area contributed by atoms with Gasteiger partial charge in [-0.3, -0.25) is 0 Å². The minimum absolute atomic E-state index is 0.381. The van der Waals surface area contributed by atoms with Crippen LogP contribution in [-0.4, -0.2) is 4.57 Å². The van der Waals surface area contributed by atoms with Crippen molar-refractivity contribution in [2.75, 3.05) is 5.73 Å². The Bertz CT molecular complexity index is 808. The summed E-state index contributed by atoms with van der Waals surface area (Å²) in [5.74, 6) is 0.766. The fourth-order valence-electron chi connectivity index (χ4n) is 2.60. The molecule has 1 heterocycles. The third-order valence-electron chi connectivity index (χ3n) is 3.69. The number of benzene rings is 2. The number of nitrogen functional groups attached to an aromatic ring is 1. The molecule has 114 valence electrons. The van der Waals surface area contributed by atoms with Crippen molar-refractivity contribution >= 4 is 28.2 Å². The number of anilines is 1. The number of hydrogen-bond donors (Lipinski definition) is 1. The van der Waals surface area contributed by atoms with Gasteiger partial charge in [0.25, 0.3) is 0 Å². The molecule has 0 radical (unpaired) electrons. The molecule has 4 heteroatoms. The van der Waals surface area contributed by atoms with Crippen molar-refractivity contribution in [1.29, 1.82) is 0 Å². The molecule has 3 aromatic rings. The third-order valence-corrected chi connectivity index (χ3v) is 3.92. The van der Waals surface area contributed by atoms with Crippen molar-refractivity contribution < 1.29 is 4.74 Å². The Hall–Kier alpha value is -2.13. The third kappa shape index (κ3) is 2.90. The molecule has 2 aromatic carbocycles. The zero-order valence-electron chi connectivity index (χ0n) is 12.7. The van der Waals surface area contributed by atoms with Crippen molar-refractivity contribution in [3.8, 4) is 5.75 Å². The van der Waals surface area contributed by atoms with Gasteiger partial charge in [0, 0.05) is 39.4 Å². The lowest BCUT2D eigenvalue weighted by atomic mass is 10.1. The minimum atomic E-state index is 0.381. The molecule has 1 aromatic heterocycles. The van der Waals surface area contributed by atoms with E-state index in [0.29, 0.717) is 17.7 Å². The number of halogens is 1. The molecule has 0 bridgehead atoms. The molecule has 0 aliphatic carbocycles. The van der Waals surface area contributed by atoms with Gasteiger partial charge < -0.3 is 15.0 Å². The lowest BCUT2D eigenvalue weighted by Crippen LogP contribution is -1.98. The number of nitrogens with two attached hydrogens (primary N) is 1. The Balaban J connectivity index is 1.94. The molecule has 22 heavy (non-hydrogen) atoms. The van der Waals surface area contributed by atoms with Crippen LogP contribution < -0.4 is 10.5 Å². The first-order valence-electron chi connectivity index (χ1n) is 7.32. The maximum atomic E-state index is 5.99. The minimum Gasteiger partial charge on any atom is -0.489 e. The number of hydrogen-bond acceptors (Lipinski definition) is 2. The van der Waals surface area contributed by atoms with Crippen molar-refractivity contribution in [3.05, 3.63) is 59.2 Å². The first-order chi connectivity index (χ1) is 10.5. The summed E-state index contributed by atoms with van der Waals surface area (Å²) in [7, 11) is 0. The fourth-order valence-corrected chi connectivity index (χ4v) is 2.78. The molecule has 3 nitrogen and oxygen atoms in total. The van der Waals surface area contributed by atoms with Gasteiger partial charge in [-0.05, 0) is 50.2 Å². The lowest BCUT2D eigenvalue weighted by Gasteiger charge is -2.08. The molecule has 0 fully saturated rings. The van der Waals surface area contributed by atoms with Crippen LogP contribution in [0, 0.1) is 0 Å². The smallest absolute Gasteiger partial charge is 0.121 e. The number of aromatic nitrogens is 1. The molecular formula is C18H19ClN2O. The van der Waals surface area contributed by atoms with Gasteiger partial charge in [-0.1, -0.05) is 17.7 Å². The molecule has 0 atom stereocenters. The van der Waals surface area contributed by atoms with Gasteiger partial charge in [0.2, 0.25) is 0 Å². The van der Waals surface area contributed by atoms with E-state index in [2.05, 4.69) is 30.7 Å². The first kappa shape index (κ1) is 14.8. The van der Waals surface area contributed by atoms with Crippen molar-refractivity contribution in [3.63, 3.8) is 0 Å². The summed E-state index contributed by atoms with van der Waals surface area (Å²) in [6.07, 6.45) is 2.14. The molecule has 0 unspecified atom stereocenters. The van der Waals surface area contributed by atoms with Gasteiger partial charge in [0.1, 0.15) is 12.4 Å². The summed E-state index contributed by atoms with van der Waals surface area (Å²) >= 11 is 5.99. The second kappa shape index (κ2) is 5.93. The Morgan fingerprint density at radius 1 is 1.18 bits per heavy atom. The first-order valence-corrected chi connectivity index (χ1v) is 7.69. The second-order valence-electron chi connectivity index (χ2n) is 5.68. The predicted molar refractivity (Wildman–Crippen MR) is 92.5 cm³/mol. The maximum absolute atomic E-state index is 5.99. The summed E-state index contributed by atoms with van der Waals surface area (Å²) in [6.45, 7) is 4.81. The van der Waals surface area contributed by atoms with Crippen molar-refractivity contribution in [2.24, 2.45) is 0 Å². The number of nitrogens with zero attached hydrogens (tertiary/aromatic N) is 1. The van der Waals surface area contributed by atoms with E-state index in [1.54, 1.807) is 0 Å². The SMILES string of the molecule is CC(C)n1cc(COc2cccc(Cl)c2)c2cc(N)ccc21. The summed E-state index contributed by atoms with van der Waals surface area (Å²) in [4.78, 5) is 0. The lowest BCUT2D eigenvalue weighted by molar-refractivity contribution is 0.307. The Labute approximate surface area is 135 Å². The van der Waals surface area contributed by atoms with Crippen LogP contribution in [0.3, 0.4) is 0 Å². The second-order valence-corrected chi connectivity index (χ2v) is 6.11. The largest absolute Gasteiger partial charge is 0.489 e. The monoisotopic (exact) mass is 314 g/mol. The highest BCUT2D eigenvalue weighted by Gasteiger charge is 2.11. The van der Waals surface area contributed by atoms with E-state index in [4.69, 9.17) is 22.1 Å². The summed E-state index contributed by atoms with van der Waals surface area (Å²) in [5, 5.41) is 1.81. The zero-order valence-corrected chi connectivity index (χ0v) is 13.5. The van der Waals surface area contributed by atoms with E-state index in [0.717, 1.165) is 22.4 Å². The molecular weight excluding hydrogens is 296 g/mol. The standard InChI is InChI=1S/C18H19ClN2O/c1-12(2)21-10-13(17-9-15(20)6-7-18(17)21)11-22-16-5-3-4-14(19)8-16/h3-10,12H,11,20H2,1-2H3. The highest BCUT2D eigenvalue weighted by atomic mass is 35.5. The average molecular weight is 315 g/mol. The molecule has 0 spiro atoms. The molecule has 3 rings (SSSR count). The van der Waals surface area contributed by atoms with Crippen LogP contribution in [0.1, 0.15) is 25.5 Å². The Morgan fingerprint density at radius 2 is 2.00 bits per heavy atom. The highest BCUT2D eigenvalue weighted by molar-refractivity contribution is 6.30. The van der Waals surface area contributed by atoms with Gasteiger partial charge >= 0.3 is 0 Å². The van der Waals surface area contributed by atoms with Gasteiger partial charge in [-0.2, -0.15) is 0 Å². The highest BCUT2D eigenvalue weighted by Crippen LogP contribution is 2.28. The van der Waals surface area contributed by atoms with Crippen molar-refractivity contribution in [2.45, 2.75) is 26.5 Å². The van der Waals surface area contributed by atoms with E-state index in [9.17, 15) is 0 Å². The fraction of sp³-hybridized carbons (Fsp3) is 0.222. The van der Waals surface area contributed by atoms with Gasteiger partial charge in [-0.25, -0.2) is 0 Å². The van der Waals surface area contributed by atoms with E-state index < -0.39 is 0 Å². The molecule has 2 N–H and O–H groups in total. The van der Waals surface area contributed by atoms with Crippen LogP contribution in [0.25, 0.3) is 10.9 Å². The number of fused-ring (bicyclic) bond motifs is 1. The molecule has 0 aliphatic rings. The zero-order chi connectivity index (χ0) is 15.7. The molecule has 0 aliphatic heterocycles. The maximum Gasteiger partial charge on any atom is 0.121 e. The van der Waals surface area contributed by atoms with Crippen LogP contribution in [0.4, 0.5) is 5.69 Å². The van der Waals surface area contributed by atoms with E-state index in [-0.39, 0.29) is 0 Å².